The summed E-state index contributed by atoms with van der Waals surface area (Å²) in [7, 11) is 0. The summed E-state index contributed by atoms with van der Waals surface area (Å²) in [4.78, 5) is 0. The highest BCUT2D eigenvalue weighted by Crippen LogP contribution is 2.29. The number of benzene rings is 1. The van der Waals surface area contributed by atoms with E-state index in [1.807, 2.05) is 6.92 Å². The molecule has 0 heterocycles. The molecule has 2 nitrogen and oxygen atoms in total. The Kier molecular flexibility index (Phi) is 2.29. The molecule has 60 valence electrons. The molecule has 11 heavy (non-hydrogen) atoms. The maximum Gasteiger partial charge on any atom is 0.120 e. The Hall–Kier alpha value is -0.830. The van der Waals surface area contributed by atoms with Crippen LogP contribution in [0.4, 0.5) is 5.69 Å². The zero-order valence-electron chi connectivity index (χ0n) is 6.28. The summed E-state index contributed by atoms with van der Waals surface area (Å²) in [5.41, 5.74) is 6.94. The molecule has 0 spiro atoms. The van der Waals surface area contributed by atoms with E-state index >= 15 is 0 Å². The van der Waals surface area contributed by atoms with Crippen LogP contribution in [0, 0.1) is 0 Å². The Labute approximate surface area is 71.5 Å². The van der Waals surface area contributed by atoms with Gasteiger partial charge in [0.15, 0.2) is 0 Å². The van der Waals surface area contributed by atoms with Gasteiger partial charge in [0.05, 0.1) is 0 Å². The molecule has 0 fully saturated rings. The summed E-state index contributed by atoms with van der Waals surface area (Å²) in [6.07, 6.45) is 0. The minimum absolute atomic E-state index is 0.0125. The highest BCUT2D eigenvalue weighted by atomic mass is 32.1. The lowest BCUT2D eigenvalue weighted by molar-refractivity contribution is 0.468. The van der Waals surface area contributed by atoms with Crippen molar-refractivity contribution in [1.82, 2.24) is 0 Å². The van der Waals surface area contributed by atoms with Gasteiger partial charge in [-0.05, 0) is 25.1 Å². The van der Waals surface area contributed by atoms with Crippen molar-refractivity contribution in [2.45, 2.75) is 12.2 Å². The molecule has 0 aliphatic heterocycles. The van der Waals surface area contributed by atoms with Crippen LogP contribution in [-0.2, 0) is 0 Å². The van der Waals surface area contributed by atoms with Gasteiger partial charge in [-0.1, -0.05) is 0 Å². The molecular weight excluding hydrogens is 158 g/mol. The third kappa shape index (κ3) is 1.80. The van der Waals surface area contributed by atoms with Crippen LogP contribution in [0.3, 0.4) is 0 Å². The fraction of sp³-hybridized carbons (Fsp3) is 0.250. The van der Waals surface area contributed by atoms with Crippen LogP contribution in [0.2, 0.25) is 0 Å². The Bertz CT molecular complexity index is 260. The number of nitrogens with two attached hydrogens (primary N) is 1. The first kappa shape index (κ1) is 8.27. The second-order valence-electron chi connectivity index (χ2n) is 2.49. The van der Waals surface area contributed by atoms with Gasteiger partial charge in [-0.3, -0.25) is 0 Å². The van der Waals surface area contributed by atoms with Crippen LogP contribution < -0.4 is 5.73 Å². The smallest absolute Gasteiger partial charge is 0.120 e. The van der Waals surface area contributed by atoms with Gasteiger partial charge in [0, 0.05) is 16.5 Å². The Morgan fingerprint density at radius 1 is 1.55 bits per heavy atom. The number of nitrogen functional groups attached to an aromatic ring is 1. The molecule has 1 unspecified atom stereocenters. The fourth-order valence-electron chi connectivity index (χ4n) is 0.908. The van der Waals surface area contributed by atoms with Gasteiger partial charge in [-0.2, -0.15) is 12.6 Å². The van der Waals surface area contributed by atoms with Crippen LogP contribution in [0.5, 0.6) is 5.75 Å². The molecule has 1 rings (SSSR count). The summed E-state index contributed by atoms with van der Waals surface area (Å²) in [6, 6.07) is 4.97. The van der Waals surface area contributed by atoms with E-state index in [1.165, 1.54) is 0 Å². The standard InChI is InChI=1S/C8H11NOS/c1-5(11)7-4-6(9)2-3-8(7)10/h2-5,10-11H,9H2,1H3. The van der Waals surface area contributed by atoms with Crippen LogP contribution in [-0.4, -0.2) is 5.11 Å². The van der Waals surface area contributed by atoms with Crippen LogP contribution >= 0.6 is 12.6 Å². The van der Waals surface area contributed by atoms with Gasteiger partial charge in [0.2, 0.25) is 0 Å². The summed E-state index contributed by atoms with van der Waals surface area (Å²) in [5.74, 6) is 0.252. The minimum Gasteiger partial charge on any atom is -0.508 e. The number of phenolic OH excluding ortho intramolecular Hbond substituents is 1. The van der Waals surface area contributed by atoms with Crippen molar-refractivity contribution in [3.05, 3.63) is 23.8 Å². The first-order chi connectivity index (χ1) is 5.11. The van der Waals surface area contributed by atoms with E-state index in [1.54, 1.807) is 18.2 Å². The van der Waals surface area contributed by atoms with Crippen molar-refractivity contribution in [2.75, 3.05) is 5.73 Å². The molecule has 0 saturated heterocycles. The SMILES string of the molecule is CC(S)c1cc(N)ccc1O. The number of phenols is 1. The highest BCUT2D eigenvalue weighted by molar-refractivity contribution is 7.80. The maximum atomic E-state index is 9.30. The number of hydrogen-bond acceptors (Lipinski definition) is 3. The second-order valence-corrected chi connectivity index (χ2v) is 3.27. The minimum atomic E-state index is 0.0125. The van der Waals surface area contributed by atoms with Crippen molar-refractivity contribution >= 4 is 18.3 Å². The molecule has 1 aromatic rings. The molecule has 0 bridgehead atoms. The third-order valence-corrected chi connectivity index (χ3v) is 1.78. The predicted molar refractivity (Wildman–Crippen MR) is 49.9 cm³/mol. The number of aromatic hydroxyl groups is 1. The van der Waals surface area contributed by atoms with E-state index in [9.17, 15) is 5.11 Å². The lowest BCUT2D eigenvalue weighted by atomic mass is 10.1. The molecule has 0 aliphatic carbocycles. The predicted octanol–water partition coefficient (Wildman–Crippen LogP) is 1.97. The second kappa shape index (κ2) is 3.05. The molecule has 0 saturated carbocycles. The van der Waals surface area contributed by atoms with Gasteiger partial charge in [-0.25, -0.2) is 0 Å². The first-order valence-corrected chi connectivity index (χ1v) is 3.89. The Morgan fingerprint density at radius 3 is 2.64 bits per heavy atom. The maximum absolute atomic E-state index is 9.30. The van der Waals surface area contributed by atoms with E-state index in [2.05, 4.69) is 12.6 Å². The van der Waals surface area contributed by atoms with E-state index in [0.29, 0.717) is 5.69 Å². The molecule has 0 radical (unpaired) electrons. The van der Waals surface area contributed by atoms with Crippen molar-refractivity contribution in [2.24, 2.45) is 0 Å². The van der Waals surface area contributed by atoms with Crippen molar-refractivity contribution < 1.29 is 5.11 Å². The molecule has 0 aliphatic rings. The van der Waals surface area contributed by atoms with E-state index < -0.39 is 0 Å². The van der Waals surface area contributed by atoms with Crippen LogP contribution in [0.15, 0.2) is 18.2 Å². The molecule has 0 amide bonds. The summed E-state index contributed by atoms with van der Waals surface area (Å²) in [5, 5.41) is 9.31. The molecule has 0 aromatic heterocycles. The molecule has 1 aromatic carbocycles. The van der Waals surface area contributed by atoms with Crippen LogP contribution in [0.1, 0.15) is 17.7 Å². The lowest BCUT2D eigenvalue weighted by Crippen LogP contribution is -1.89. The highest BCUT2D eigenvalue weighted by Gasteiger charge is 2.05. The average molecular weight is 169 g/mol. The van der Waals surface area contributed by atoms with Gasteiger partial charge >= 0.3 is 0 Å². The zero-order chi connectivity index (χ0) is 8.43. The van der Waals surface area contributed by atoms with Crippen LogP contribution in [0.25, 0.3) is 0 Å². The normalized spacial score (nSPS) is 12.9. The topological polar surface area (TPSA) is 46.2 Å². The molecule has 1 atom stereocenters. The average Bonchev–Trinajstić information content (AvgIpc) is 1.94. The summed E-state index contributed by atoms with van der Waals surface area (Å²) < 4.78 is 0. The van der Waals surface area contributed by atoms with Crippen molar-refractivity contribution in [1.29, 1.82) is 0 Å². The van der Waals surface area contributed by atoms with Gasteiger partial charge < -0.3 is 10.8 Å². The van der Waals surface area contributed by atoms with E-state index in [0.717, 1.165) is 5.56 Å². The van der Waals surface area contributed by atoms with E-state index in [-0.39, 0.29) is 11.0 Å². The number of hydrogen-bond donors (Lipinski definition) is 3. The zero-order valence-corrected chi connectivity index (χ0v) is 7.18. The number of rotatable bonds is 1. The molecular formula is C8H11NOS. The summed E-state index contributed by atoms with van der Waals surface area (Å²) in [6.45, 7) is 1.89. The van der Waals surface area contributed by atoms with Crippen molar-refractivity contribution in [3.8, 4) is 5.75 Å². The fourth-order valence-corrected chi connectivity index (χ4v) is 1.11. The Balaban J connectivity index is 3.13. The molecule has 3 heteroatoms. The lowest BCUT2D eigenvalue weighted by Gasteiger charge is -2.07. The quantitative estimate of drug-likeness (QED) is 0.342. The molecule has 3 N–H and O–H groups in total. The number of thiol groups is 1. The van der Waals surface area contributed by atoms with Crippen molar-refractivity contribution in [3.63, 3.8) is 0 Å². The van der Waals surface area contributed by atoms with E-state index in [4.69, 9.17) is 5.73 Å². The van der Waals surface area contributed by atoms with Gasteiger partial charge in [-0.15, -0.1) is 0 Å². The van der Waals surface area contributed by atoms with Gasteiger partial charge in [0.25, 0.3) is 0 Å². The Morgan fingerprint density at radius 2 is 2.18 bits per heavy atom. The third-order valence-electron chi connectivity index (χ3n) is 1.50. The first-order valence-electron chi connectivity index (χ1n) is 3.37. The monoisotopic (exact) mass is 169 g/mol. The largest absolute Gasteiger partial charge is 0.508 e. The van der Waals surface area contributed by atoms with Gasteiger partial charge in [0.1, 0.15) is 5.75 Å². The number of anilines is 1. The summed E-state index contributed by atoms with van der Waals surface area (Å²) >= 11 is 4.19.